The van der Waals surface area contributed by atoms with E-state index in [9.17, 15) is 0 Å². The van der Waals surface area contributed by atoms with Gasteiger partial charge in [0.1, 0.15) is 11.2 Å². The van der Waals surface area contributed by atoms with Crippen LogP contribution in [0.4, 0.5) is 5.82 Å². The van der Waals surface area contributed by atoms with Crippen LogP contribution in [0.2, 0.25) is 0 Å². The van der Waals surface area contributed by atoms with Crippen LogP contribution in [0.5, 0.6) is 0 Å². The monoisotopic (exact) mass is 359 g/mol. The molecule has 3 heterocycles. The molecule has 0 saturated carbocycles. The molecule has 1 aliphatic rings. The van der Waals surface area contributed by atoms with Gasteiger partial charge in [0.15, 0.2) is 5.82 Å². The molecule has 0 bridgehead atoms. The predicted molar refractivity (Wildman–Crippen MR) is 107 cm³/mol. The highest BCUT2D eigenvalue weighted by Gasteiger charge is 2.19. The van der Waals surface area contributed by atoms with Gasteiger partial charge >= 0.3 is 0 Å². The van der Waals surface area contributed by atoms with Crippen molar-refractivity contribution in [2.45, 2.75) is 25.7 Å². The number of rotatable bonds is 3. The Hall–Kier alpha value is -2.86. The van der Waals surface area contributed by atoms with Crippen LogP contribution >= 0.6 is 11.3 Å². The fraction of sp³-hybridized carbons (Fsp3) is 0.200. The van der Waals surface area contributed by atoms with Crippen LogP contribution in [0.15, 0.2) is 48.0 Å². The fourth-order valence-electron chi connectivity index (χ4n) is 3.57. The third-order valence-corrected chi connectivity index (χ3v) is 5.99. The second-order valence-corrected chi connectivity index (χ2v) is 7.49. The van der Waals surface area contributed by atoms with E-state index in [2.05, 4.69) is 37.6 Å². The van der Waals surface area contributed by atoms with E-state index in [1.54, 1.807) is 23.9 Å². The minimum absolute atomic E-state index is 0.791. The number of pyridine rings is 1. The smallest absolute Gasteiger partial charge is 0.158 e. The number of anilines is 1. The van der Waals surface area contributed by atoms with Crippen molar-refractivity contribution >= 4 is 44.5 Å². The maximum absolute atomic E-state index is 4.46. The number of aromatic nitrogens is 3. The molecule has 1 N–H and O–H groups in total. The topological polar surface area (TPSA) is 63.1 Å². The molecule has 0 aliphatic heterocycles. The Morgan fingerprint density at radius 3 is 2.96 bits per heavy atom. The van der Waals surface area contributed by atoms with E-state index in [0.29, 0.717) is 0 Å². The molecule has 3 aromatic heterocycles. The third kappa shape index (κ3) is 2.63. The van der Waals surface area contributed by atoms with Gasteiger partial charge in [0.05, 0.1) is 17.1 Å². The van der Waals surface area contributed by atoms with Crippen LogP contribution < -0.4 is 5.43 Å². The van der Waals surface area contributed by atoms with Crippen LogP contribution in [-0.4, -0.2) is 21.2 Å². The number of hydrazone groups is 1. The van der Waals surface area contributed by atoms with Crippen LogP contribution in [0.3, 0.4) is 0 Å². The number of nitrogens with one attached hydrogen (secondary N) is 1. The molecule has 5 nitrogen and oxygen atoms in total. The van der Waals surface area contributed by atoms with Gasteiger partial charge in [-0.15, -0.1) is 11.3 Å². The minimum Gasteiger partial charge on any atom is -0.261 e. The van der Waals surface area contributed by atoms with Gasteiger partial charge in [-0.1, -0.05) is 24.3 Å². The molecule has 0 fully saturated rings. The average Bonchev–Trinajstić information content (AvgIpc) is 3.08. The zero-order valence-corrected chi connectivity index (χ0v) is 15.0. The first-order chi connectivity index (χ1) is 12.9. The Morgan fingerprint density at radius 2 is 1.96 bits per heavy atom. The number of nitrogens with zero attached hydrogens (tertiary/aromatic N) is 4. The Labute approximate surface area is 154 Å². The SMILES string of the molecule is C(=NNc1ncnc2sc3c(c12)CCCC3)c1cccc2cccnc12. The first-order valence-electron chi connectivity index (χ1n) is 8.78. The molecule has 26 heavy (non-hydrogen) atoms. The lowest BCUT2D eigenvalue weighted by molar-refractivity contribution is 0.700. The van der Waals surface area contributed by atoms with E-state index in [4.69, 9.17) is 0 Å². The lowest BCUT2D eigenvalue weighted by Crippen LogP contribution is -2.01. The first-order valence-corrected chi connectivity index (χ1v) is 9.60. The van der Waals surface area contributed by atoms with Crippen molar-refractivity contribution in [1.82, 2.24) is 15.0 Å². The quantitative estimate of drug-likeness (QED) is 0.430. The van der Waals surface area contributed by atoms with Gasteiger partial charge < -0.3 is 0 Å². The Morgan fingerprint density at radius 1 is 1.04 bits per heavy atom. The molecule has 0 spiro atoms. The van der Waals surface area contributed by atoms with E-state index < -0.39 is 0 Å². The number of para-hydroxylation sites is 1. The zero-order valence-electron chi connectivity index (χ0n) is 14.1. The highest BCUT2D eigenvalue weighted by Crippen LogP contribution is 2.38. The summed E-state index contributed by atoms with van der Waals surface area (Å²) in [7, 11) is 0. The van der Waals surface area contributed by atoms with Crippen LogP contribution in [-0.2, 0) is 12.8 Å². The van der Waals surface area contributed by atoms with Crippen molar-refractivity contribution in [3.05, 3.63) is 58.9 Å². The Kier molecular flexibility index (Phi) is 3.83. The average molecular weight is 359 g/mol. The summed E-state index contributed by atoms with van der Waals surface area (Å²) in [5, 5.41) is 6.68. The highest BCUT2D eigenvalue weighted by atomic mass is 32.1. The van der Waals surface area contributed by atoms with E-state index in [-0.39, 0.29) is 0 Å². The maximum atomic E-state index is 4.46. The molecular formula is C20H17N5S. The summed E-state index contributed by atoms with van der Waals surface area (Å²) in [4.78, 5) is 15.9. The summed E-state index contributed by atoms with van der Waals surface area (Å²) in [5.41, 5.74) is 6.46. The summed E-state index contributed by atoms with van der Waals surface area (Å²) in [6.45, 7) is 0. The van der Waals surface area contributed by atoms with Crippen LogP contribution in [0.1, 0.15) is 28.8 Å². The molecule has 5 rings (SSSR count). The molecule has 6 heteroatoms. The second kappa shape index (κ2) is 6.46. The van der Waals surface area contributed by atoms with Crippen LogP contribution in [0.25, 0.3) is 21.1 Å². The lowest BCUT2D eigenvalue weighted by Gasteiger charge is -2.11. The molecule has 128 valence electrons. The largest absolute Gasteiger partial charge is 0.261 e. The van der Waals surface area contributed by atoms with Crippen LogP contribution in [0, 0.1) is 0 Å². The fourth-order valence-corrected chi connectivity index (χ4v) is 4.80. The van der Waals surface area contributed by atoms with E-state index >= 15 is 0 Å². The summed E-state index contributed by atoms with van der Waals surface area (Å²) in [6.07, 6.45) is 9.98. The number of hydrogen-bond acceptors (Lipinski definition) is 6. The van der Waals surface area contributed by atoms with Gasteiger partial charge in [-0.3, -0.25) is 10.4 Å². The van der Waals surface area contributed by atoms with Crippen molar-refractivity contribution in [3.63, 3.8) is 0 Å². The summed E-state index contributed by atoms with van der Waals surface area (Å²) < 4.78 is 0. The highest BCUT2D eigenvalue weighted by molar-refractivity contribution is 7.19. The third-order valence-electron chi connectivity index (χ3n) is 4.79. The van der Waals surface area contributed by atoms with Gasteiger partial charge in [0.25, 0.3) is 0 Å². The van der Waals surface area contributed by atoms with E-state index in [1.165, 1.54) is 23.3 Å². The molecule has 0 amide bonds. The van der Waals surface area contributed by atoms with Gasteiger partial charge in [0.2, 0.25) is 0 Å². The molecule has 0 atom stereocenters. The van der Waals surface area contributed by atoms with Crippen molar-refractivity contribution in [1.29, 1.82) is 0 Å². The molecule has 4 aromatic rings. The van der Waals surface area contributed by atoms with Gasteiger partial charge in [-0.05, 0) is 37.3 Å². The lowest BCUT2D eigenvalue weighted by atomic mass is 9.97. The van der Waals surface area contributed by atoms with Gasteiger partial charge in [0, 0.05) is 22.0 Å². The Bertz CT molecular complexity index is 1130. The summed E-state index contributed by atoms with van der Waals surface area (Å²) in [6, 6.07) is 10.1. The Balaban J connectivity index is 1.50. The zero-order chi connectivity index (χ0) is 17.3. The first kappa shape index (κ1) is 15.4. The van der Waals surface area contributed by atoms with Crippen molar-refractivity contribution in [2.24, 2.45) is 5.10 Å². The molecule has 0 saturated heterocycles. The van der Waals surface area contributed by atoms with E-state index in [1.807, 2.05) is 24.4 Å². The summed E-state index contributed by atoms with van der Waals surface area (Å²) >= 11 is 1.79. The van der Waals surface area contributed by atoms with Crippen molar-refractivity contribution in [3.8, 4) is 0 Å². The van der Waals surface area contributed by atoms with E-state index in [0.717, 1.165) is 45.3 Å². The summed E-state index contributed by atoms with van der Waals surface area (Å²) in [5.74, 6) is 0.791. The van der Waals surface area contributed by atoms with Crippen molar-refractivity contribution < 1.29 is 0 Å². The number of benzene rings is 1. The molecule has 1 aromatic carbocycles. The van der Waals surface area contributed by atoms with Gasteiger partial charge in [-0.2, -0.15) is 5.10 Å². The molecule has 0 unspecified atom stereocenters. The van der Waals surface area contributed by atoms with Crippen molar-refractivity contribution in [2.75, 3.05) is 5.43 Å². The molecular weight excluding hydrogens is 342 g/mol. The molecule has 1 aliphatic carbocycles. The van der Waals surface area contributed by atoms with Gasteiger partial charge in [-0.25, -0.2) is 9.97 Å². The minimum atomic E-state index is 0.791. The molecule has 0 radical (unpaired) electrons. The normalized spacial score (nSPS) is 14.2. The maximum Gasteiger partial charge on any atom is 0.158 e. The number of aryl methyl sites for hydroxylation is 2. The predicted octanol–water partition coefficient (Wildman–Crippen LogP) is 4.56. The number of thiophene rings is 1. The standard InChI is InChI=1S/C20H17N5S/c1-2-9-16-15(8-1)17-19(22-12-23-20(17)26-16)25-24-11-14-6-3-5-13-7-4-10-21-18(13)14/h3-7,10-12H,1-2,8-9H2,(H,22,23,25). The second-order valence-electron chi connectivity index (χ2n) is 6.41. The number of hydrogen-bond donors (Lipinski definition) is 1. The number of fused-ring (bicyclic) bond motifs is 4.